The van der Waals surface area contributed by atoms with Gasteiger partial charge in [-0.25, -0.2) is 0 Å². The Bertz CT molecular complexity index is 663. The summed E-state index contributed by atoms with van der Waals surface area (Å²) in [5, 5.41) is 2.78. The van der Waals surface area contributed by atoms with Crippen LogP contribution in [0, 0.1) is 0 Å². The van der Waals surface area contributed by atoms with Gasteiger partial charge in [0.15, 0.2) is 0 Å². The van der Waals surface area contributed by atoms with Crippen LogP contribution < -0.4 is 15.1 Å². The molecule has 2 aromatic rings. The molecule has 0 spiro atoms. The third-order valence-corrected chi connectivity index (χ3v) is 3.66. The minimum atomic E-state index is -0.123. The van der Waals surface area contributed by atoms with Crippen molar-refractivity contribution in [3.63, 3.8) is 0 Å². The Morgan fingerprint density at radius 2 is 1.75 bits per heavy atom. The van der Waals surface area contributed by atoms with E-state index in [0.717, 1.165) is 11.4 Å². The van der Waals surface area contributed by atoms with Gasteiger partial charge < -0.3 is 19.5 Å². The number of hydrogen-bond donors (Lipinski definition) is 1. The third kappa shape index (κ3) is 4.87. The van der Waals surface area contributed by atoms with Crippen LogP contribution in [0.15, 0.2) is 47.1 Å². The normalized spacial score (nSPS) is 10.3. The molecule has 0 saturated carbocycles. The van der Waals surface area contributed by atoms with Crippen molar-refractivity contribution < 1.29 is 14.0 Å². The Balaban J connectivity index is 1.91. The lowest BCUT2D eigenvalue weighted by Gasteiger charge is -2.22. The molecule has 0 unspecified atom stereocenters. The highest BCUT2D eigenvalue weighted by Crippen LogP contribution is 2.20. The SMILES string of the molecule is CC(=O)N(CCC(=O)NCc1ccco1)c1ccc(N(C)C)cc1. The van der Waals surface area contributed by atoms with E-state index in [1.807, 2.05) is 43.3 Å². The Morgan fingerprint density at radius 1 is 1.08 bits per heavy atom. The van der Waals surface area contributed by atoms with Gasteiger partial charge >= 0.3 is 0 Å². The highest BCUT2D eigenvalue weighted by molar-refractivity contribution is 5.92. The molecule has 2 rings (SSSR count). The Hall–Kier alpha value is -2.76. The van der Waals surface area contributed by atoms with Gasteiger partial charge in [0, 0.05) is 45.4 Å². The van der Waals surface area contributed by atoms with Crippen molar-refractivity contribution in [3.8, 4) is 0 Å². The van der Waals surface area contributed by atoms with Gasteiger partial charge in [-0.2, -0.15) is 0 Å². The van der Waals surface area contributed by atoms with Crippen LogP contribution in [-0.4, -0.2) is 32.5 Å². The molecule has 0 aliphatic rings. The van der Waals surface area contributed by atoms with Crippen molar-refractivity contribution in [1.82, 2.24) is 5.32 Å². The Labute approximate surface area is 142 Å². The zero-order chi connectivity index (χ0) is 17.5. The molecule has 0 saturated heterocycles. The molecule has 24 heavy (non-hydrogen) atoms. The van der Waals surface area contributed by atoms with Crippen molar-refractivity contribution in [1.29, 1.82) is 0 Å². The first-order chi connectivity index (χ1) is 11.5. The highest BCUT2D eigenvalue weighted by Gasteiger charge is 2.13. The van der Waals surface area contributed by atoms with Crippen LogP contribution in [0.25, 0.3) is 0 Å². The van der Waals surface area contributed by atoms with E-state index in [2.05, 4.69) is 5.32 Å². The van der Waals surface area contributed by atoms with E-state index in [1.165, 1.54) is 6.92 Å². The molecule has 1 heterocycles. The van der Waals surface area contributed by atoms with Crippen molar-refractivity contribution in [3.05, 3.63) is 48.4 Å². The fraction of sp³-hybridized carbons (Fsp3) is 0.333. The number of furan rings is 1. The molecule has 1 aromatic heterocycles. The number of nitrogens with one attached hydrogen (secondary N) is 1. The summed E-state index contributed by atoms with van der Waals surface area (Å²) >= 11 is 0. The Morgan fingerprint density at radius 3 is 2.29 bits per heavy atom. The molecule has 6 heteroatoms. The summed E-state index contributed by atoms with van der Waals surface area (Å²) < 4.78 is 5.16. The average Bonchev–Trinajstić information content (AvgIpc) is 3.06. The summed E-state index contributed by atoms with van der Waals surface area (Å²) in [5.41, 5.74) is 1.84. The van der Waals surface area contributed by atoms with E-state index >= 15 is 0 Å². The molecule has 0 bridgehead atoms. The van der Waals surface area contributed by atoms with Gasteiger partial charge in [-0.1, -0.05) is 0 Å². The molecule has 0 aliphatic heterocycles. The smallest absolute Gasteiger partial charge is 0.223 e. The summed E-state index contributed by atoms with van der Waals surface area (Å²) in [6.07, 6.45) is 1.80. The first kappa shape index (κ1) is 17.6. The molecule has 0 atom stereocenters. The number of hydrogen-bond acceptors (Lipinski definition) is 4. The highest BCUT2D eigenvalue weighted by atomic mass is 16.3. The maximum atomic E-state index is 11.9. The van der Waals surface area contributed by atoms with Crippen molar-refractivity contribution in [2.45, 2.75) is 19.9 Å². The van der Waals surface area contributed by atoms with Crippen LogP contribution in [0.1, 0.15) is 19.1 Å². The first-order valence-electron chi connectivity index (χ1n) is 7.82. The number of carbonyl (C=O) groups is 2. The molecule has 1 aromatic carbocycles. The third-order valence-electron chi connectivity index (χ3n) is 3.66. The van der Waals surface area contributed by atoms with E-state index in [1.54, 1.807) is 23.3 Å². The van der Waals surface area contributed by atoms with Crippen molar-refractivity contribution >= 4 is 23.2 Å². The standard InChI is InChI=1S/C18H23N3O3/c1-14(22)21(16-8-6-15(7-9-16)20(2)3)11-10-18(23)19-13-17-5-4-12-24-17/h4-9,12H,10-11,13H2,1-3H3,(H,19,23). The minimum Gasteiger partial charge on any atom is -0.467 e. The first-order valence-corrected chi connectivity index (χ1v) is 7.82. The zero-order valence-electron chi connectivity index (χ0n) is 14.3. The van der Waals surface area contributed by atoms with Gasteiger partial charge in [0.25, 0.3) is 0 Å². The molecular weight excluding hydrogens is 306 g/mol. The predicted octanol–water partition coefficient (Wildman–Crippen LogP) is 2.41. The van der Waals surface area contributed by atoms with Crippen LogP contribution in [0.2, 0.25) is 0 Å². The second kappa shape index (κ2) is 8.19. The quantitative estimate of drug-likeness (QED) is 0.847. The van der Waals surface area contributed by atoms with Crippen molar-refractivity contribution in [2.24, 2.45) is 0 Å². The van der Waals surface area contributed by atoms with Crippen LogP contribution in [0.5, 0.6) is 0 Å². The second-order valence-electron chi connectivity index (χ2n) is 5.69. The van der Waals surface area contributed by atoms with Gasteiger partial charge in [-0.15, -0.1) is 0 Å². The van der Waals surface area contributed by atoms with Gasteiger partial charge in [0.05, 0.1) is 12.8 Å². The number of amides is 2. The fourth-order valence-electron chi connectivity index (χ4n) is 2.30. The lowest BCUT2D eigenvalue weighted by molar-refractivity contribution is -0.121. The van der Waals surface area contributed by atoms with E-state index in [9.17, 15) is 9.59 Å². The maximum Gasteiger partial charge on any atom is 0.223 e. The molecule has 128 valence electrons. The van der Waals surface area contributed by atoms with Crippen molar-refractivity contribution in [2.75, 3.05) is 30.4 Å². The molecule has 0 fully saturated rings. The molecule has 6 nitrogen and oxygen atoms in total. The summed E-state index contributed by atoms with van der Waals surface area (Å²) in [4.78, 5) is 27.4. The van der Waals surface area contributed by atoms with Gasteiger partial charge in [0.1, 0.15) is 5.76 Å². The number of carbonyl (C=O) groups excluding carboxylic acids is 2. The predicted molar refractivity (Wildman–Crippen MR) is 94.0 cm³/mol. The van der Waals surface area contributed by atoms with Gasteiger partial charge in [-0.05, 0) is 36.4 Å². The van der Waals surface area contributed by atoms with Crippen LogP contribution in [-0.2, 0) is 16.1 Å². The molecule has 1 N–H and O–H groups in total. The summed E-state index contributed by atoms with van der Waals surface area (Å²) in [7, 11) is 3.92. The van der Waals surface area contributed by atoms with E-state index in [4.69, 9.17) is 4.42 Å². The van der Waals surface area contributed by atoms with E-state index < -0.39 is 0 Å². The van der Waals surface area contributed by atoms with Crippen LogP contribution >= 0.6 is 0 Å². The lowest BCUT2D eigenvalue weighted by atomic mass is 10.2. The van der Waals surface area contributed by atoms with Gasteiger partial charge in [-0.3, -0.25) is 9.59 Å². The number of nitrogens with zero attached hydrogens (tertiary/aromatic N) is 2. The van der Waals surface area contributed by atoms with E-state index in [0.29, 0.717) is 18.8 Å². The van der Waals surface area contributed by atoms with Gasteiger partial charge in [0.2, 0.25) is 11.8 Å². The molecular formula is C18H23N3O3. The lowest BCUT2D eigenvalue weighted by Crippen LogP contribution is -2.33. The Kier molecular flexibility index (Phi) is 6.01. The number of benzene rings is 1. The molecule has 0 aliphatic carbocycles. The van der Waals surface area contributed by atoms with Crippen LogP contribution in [0.4, 0.5) is 11.4 Å². The second-order valence-corrected chi connectivity index (χ2v) is 5.69. The topological polar surface area (TPSA) is 65.8 Å². The largest absolute Gasteiger partial charge is 0.467 e. The summed E-state index contributed by atoms with van der Waals surface area (Å²) in [6, 6.07) is 11.2. The summed E-state index contributed by atoms with van der Waals surface area (Å²) in [6.45, 7) is 2.19. The average molecular weight is 329 g/mol. The maximum absolute atomic E-state index is 11.9. The zero-order valence-corrected chi connectivity index (χ0v) is 14.3. The molecule has 0 radical (unpaired) electrons. The number of rotatable bonds is 7. The monoisotopic (exact) mass is 329 g/mol. The summed E-state index contributed by atoms with van der Waals surface area (Å²) in [5.74, 6) is 0.486. The molecule has 2 amide bonds. The number of anilines is 2. The minimum absolute atomic E-state index is 0.0913. The van der Waals surface area contributed by atoms with Crippen LogP contribution in [0.3, 0.4) is 0 Å². The fourth-order valence-corrected chi connectivity index (χ4v) is 2.30. The van der Waals surface area contributed by atoms with E-state index in [-0.39, 0.29) is 18.2 Å².